The lowest BCUT2D eigenvalue weighted by Crippen LogP contribution is -2.17. The van der Waals surface area contributed by atoms with E-state index >= 15 is 0 Å². The Hall–Kier alpha value is -2.62. The summed E-state index contributed by atoms with van der Waals surface area (Å²) in [4.78, 5) is 17.3. The number of aromatic nitrogens is 2. The minimum atomic E-state index is -0.121. The van der Waals surface area contributed by atoms with Crippen molar-refractivity contribution in [3.63, 3.8) is 0 Å². The highest BCUT2D eigenvalue weighted by atomic mass is 16.2. The summed E-state index contributed by atoms with van der Waals surface area (Å²) >= 11 is 0. The molecule has 0 fully saturated rings. The summed E-state index contributed by atoms with van der Waals surface area (Å²) in [6.45, 7) is 6.02. The predicted octanol–water partition coefficient (Wildman–Crippen LogP) is 3.77. The first-order valence-corrected chi connectivity index (χ1v) is 7.44. The molecule has 0 radical (unpaired) electrons. The van der Waals surface area contributed by atoms with Crippen molar-refractivity contribution in [2.24, 2.45) is 0 Å². The van der Waals surface area contributed by atoms with Crippen LogP contribution < -0.4 is 5.32 Å². The second-order valence-electron chi connectivity index (χ2n) is 5.46. The van der Waals surface area contributed by atoms with E-state index in [2.05, 4.69) is 10.3 Å². The molecule has 0 atom stereocenters. The minimum absolute atomic E-state index is 0.121. The monoisotopic (exact) mass is 293 g/mol. The number of imidazole rings is 1. The van der Waals surface area contributed by atoms with Gasteiger partial charge in [0.05, 0.1) is 5.69 Å². The van der Waals surface area contributed by atoms with Gasteiger partial charge in [-0.25, -0.2) is 4.98 Å². The second-order valence-corrected chi connectivity index (χ2v) is 5.46. The van der Waals surface area contributed by atoms with Gasteiger partial charge in [0.15, 0.2) is 0 Å². The van der Waals surface area contributed by atoms with E-state index < -0.39 is 0 Å². The van der Waals surface area contributed by atoms with Gasteiger partial charge in [-0.05, 0) is 49.6 Å². The lowest BCUT2D eigenvalue weighted by molar-refractivity contribution is 0.102. The lowest BCUT2D eigenvalue weighted by atomic mass is 10.1. The van der Waals surface area contributed by atoms with Gasteiger partial charge >= 0.3 is 0 Å². The molecule has 3 aromatic rings. The summed E-state index contributed by atoms with van der Waals surface area (Å²) in [6, 6.07) is 11.8. The van der Waals surface area contributed by atoms with Crippen LogP contribution in [0.15, 0.2) is 42.6 Å². The quantitative estimate of drug-likeness (QED) is 0.799. The van der Waals surface area contributed by atoms with Crippen molar-refractivity contribution in [3.05, 3.63) is 65.1 Å². The third-order valence-corrected chi connectivity index (χ3v) is 3.79. The number of carbonyl (C=O) groups is 1. The van der Waals surface area contributed by atoms with Gasteiger partial charge in [-0.15, -0.1) is 0 Å². The highest BCUT2D eigenvalue weighted by Gasteiger charge is 2.18. The van der Waals surface area contributed by atoms with E-state index in [0.717, 1.165) is 34.6 Å². The van der Waals surface area contributed by atoms with Crippen molar-refractivity contribution in [2.45, 2.75) is 27.2 Å². The van der Waals surface area contributed by atoms with Crippen LogP contribution in [0.5, 0.6) is 0 Å². The van der Waals surface area contributed by atoms with Crippen molar-refractivity contribution in [1.82, 2.24) is 9.38 Å². The molecule has 3 rings (SSSR count). The molecule has 0 bridgehead atoms. The van der Waals surface area contributed by atoms with Gasteiger partial charge in [-0.3, -0.25) is 9.20 Å². The SMILES string of the molecule is CCc1nc2ccccn2c1C(=O)Nc1cc(C)ccc1C. The first kappa shape index (κ1) is 14.3. The van der Waals surface area contributed by atoms with Gasteiger partial charge in [-0.2, -0.15) is 0 Å². The van der Waals surface area contributed by atoms with E-state index in [9.17, 15) is 4.79 Å². The average Bonchev–Trinajstić information content (AvgIpc) is 2.89. The molecule has 0 saturated heterocycles. The van der Waals surface area contributed by atoms with Crippen LogP contribution in [0.1, 0.15) is 34.2 Å². The number of hydrogen-bond acceptors (Lipinski definition) is 2. The maximum atomic E-state index is 12.8. The summed E-state index contributed by atoms with van der Waals surface area (Å²) in [5, 5.41) is 3.02. The molecule has 22 heavy (non-hydrogen) atoms. The first-order chi connectivity index (χ1) is 10.6. The number of pyridine rings is 1. The van der Waals surface area contributed by atoms with Crippen LogP contribution >= 0.6 is 0 Å². The molecule has 1 aromatic carbocycles. The Morgan fingerprint density at radius 2 is 2.05 bits per heavy atom. The number of fused-ring (bicyclic) bond motifs is 1. The van der Waals surface area contributed by atoms with Crippen molar-refractivity contribution < 1.29 is 4.79 Å². The Morgan fingerprint density at radius 3 is 2.82 bits per heavy atom. The number of aryl methyl sites for hydroxylation is 3. The zero-order valence-corrected chi connectivity index (χ0v) is 13.1. The molecule has 0 aliphatic heterocycles. The largest absolute Gasteiger partial charge is 0.320 e. The van der Waals surface area contributed by atoms with Crippen LogP contribution in [0.2, 0.25) is 0 Å². The van der Waals surface area contributed by atoms with Gasteiger partial charge < -0.3 is 5.32 Å². The van der Waals surface area contributed by atoms with E-state index in [1.807, 2.05) is 67.8 Å². The normalized spacial score (nSPS) is 10.9. The third kappa shape index (κ3) is 2.48. The molecular weight excluding hydrogens is 274 g/mol. The van der Waals surface area contributed by atoms with Gasteiger partial charge in [0.25, 0.3) is 5.91 Å². The molecule has 2 heterocycles. The minimum Gasteiger partial charge on any atom is -0.320 e. The van der Waals surface area contributed by atoms with Gasteiger partial charge in [0, 0.05) is 11.9 Å². The fourth-order valence-corrected chi connectivity index (χ4v) is 2.58. The van der Waals surface area contributed by atoms with E-state index in [1.165, 1.54) is 0 Å². The van der Waals surface area contributed by atoms with Crippen LogP contribution in [0.25, 0.3) is 5.65 Å². The maximum Gasteiger partial charge on any atom is 0.274 e. The zero-order valence-electron chi connectivity index (χ0n) is 13.1. The molecule has 1 amide bonds. The number of hydrogen-bond donors (Lipinski definition) is 1. The summed E-state index contributed by atoms with van der Waals surface area (Å²) < 4.78 is 1.85. The molecule has 4 heteroatoms. The average molecular weight is 293 g/mol. The fourth-order valence-electron chi connectivity index (χ4n) is 2.58. The smallest absolute Gasteiger partial charge is 0.274 e. The molecule has 0 spiro atoms. The highest BCUT2D eigenvalue weighted by molar-refractivity contribution is 6.05. The third-order valence-electron chi connectivity index (χ3n) is 3.79. The molecule has 0 saturated carbocycles. The van der Waals surface area contributed by atoms with Crippen LogP contribution in [0, 0.1) is 13.8 Å². The number of amides is 1. The highest BCUT2D eigenvalue weighted by Crippen LogP contribution is 2.19. The van der Waals surface area contributed by atoms with Crippen LogP contribution in [-0.2, 0) is 6.42 Å². The summed E-state index contributed by atoms with van der Waals surface area (Å²) in [5.74, 6) is -0.121. The van der Waals surface area contributed by atoms with Crippen LogP contribution in [0.4, 0.5) is 5.69 Å². The van der Waals surface area contributed by atoms with Crippen LogP contribution in [-0.4, -0.2) is 15.3 Å². The first-order valence-electron chi connectivity index (χ1n) is 7.44. The molecule has 2 aromatic heterocycles. The van der Waals surface area contributed by atoms with Gasteiger partial charge in [-0.1, -0.05) is 25.1 Å². The summed E-state index contributed by atoms with van der Waals surface area (Å²) in [7, 11) is 0. The van der Waals surface area contributed by atoms with Crippen molar-refractivity contribution in [3.8, 4) is 0 Å². The zero-order chi connectivity index (χ0) is 15.7. The summed E-state index contributed by atoms with van der Waals surface area (Å²) in [5.41, 5.74) is 5.23. The Labute approximate surface area is 129 Å². The van der Waals surface area contributed by atoms with E-state index in [1.54, 1.807) is 0 Å². The maximum absolute atomic E-state index is 12.8. The van der Waals surface area contributed by atoms with Crippen molar-refractivity contribution >= 4 is 17.2 Å². The Bertz CT molecular complexity index is 849. The number of rotatable bonds is 3. The molecular formula is C18H19N3O. The number of carbonyl (C=O) groups excluding carboxylic acids is 1. The number of nitrogens with zero attached hydrogens (tertiary/aromatic N) is 2. The fraction of sp³-hybridized carbons (Fsp3) is 0.222. The van der Waals surface area contributed by atoms with Crippen LogP contribution in [0.3, 0.4) is 0 Å². The summed E-state index contributed by atoms with van der Waals surface area (Å²) in [6.07, 6.45) is 2.59. The lowest BCUT2D eigenvalue weighted by Gasteiger charge is -2.10. The molecule has 0 aliphatic carbocycles. The van der Waals surface area contributed by atoms with Crippen molar-refractivity contribution in [2.75, 3.05) is 5.32 Å². The molecule has 1 N–H and O–H groups in total. The van der Waals surface area contributed by atoms with Gasteiger partial charge in [0.1, 0.15) is 11.3 Å². The van der Waals surface area contributed by atoms with Crippen molar-refractivity contribution in [1.29, 1.82) is 0 Å². The number of nitrogens with one attached hydrogen (secondary N) is 1. The van der Waals surface area contributed by atoms with E-state index in [4.69, 9.17) is 0 Å². The Kier molecular flexibility index (Phi) is 3.67. The standard InChI is InChI=1S/C18H19N3O/c1-4-14-17(21-10-6-5-7-16(21)19-14)18(22)20-15-11-12(2)8-9-13(15)3/h5-11H,4H2,1-3H3,(H,20,22). The van der Waals surface area contributed by atoms with E-state index in [-0.39, 0.29) is 5.91 Å². The van der Waals surface area contributed by atoms with Gasteiger partial charge in [0.2, 0.25) is 0 Å². The number of benzene rings is 1. The number of anilines is 1. The Morgan fingerprint density at radius 1 is 1.23 bits per heavy atom. The Balaban J connectivity index is 2.03. The van der Waals surface area contributed by atoms with E-state index in [0.29, 0.717) is 5.69 Å². The second kappa shape index (κ2) is 5.64. The molecule has 112 valence electrons. The molecule has 0 unspecified atom stereocenters. The predicted molar refractivity (Wildman–Crippen MR) is 88.4 cm³/mol. The molecule has 4 nitrogen and oxygen atoms in total. The molecule has 0 aliphatic rings. The topological polar surface area (TPSA) is 46.4 Å².